The summed E-state index contributed by atoms with van der Waals surface area (Å²) in [6.45, 7) is 5.30. The Bertz CT molecular complexity index is 338. The van der Waals surface area contributed by atoms with Gasteiger partial charge in [-0.1, -0.05) is 26.0 Å². The first-order valence-corrected chi connectivity index (χ1v) is 6.97. The van der Waals surface area contributed by atoms with Crippen molar-refractivity contribution in [3.63, 3.8) is 0 Å². The average molecular weight is 235 g/mol. The zero-order valence-corrected chi connectivity index (χ0v) is 11.0. The normalized spacial score (nSPS) is 17.8. The Kier molecular flexibility index (Phi) is 3.60. The maximum atomic E-state index is 5.81. The van der Waals surface area contributed by atoms with Gasteiger partial charge in [0.25, 0.3) is 0 Å². The van der Waals surface area contributed by atoms with Crippen molar-refractivity contribution in [3.8, 4) is 0 Å². The van der Waals surface area contributed by atoms with Gasteiger partial charge in [0.1, 0.15) is 0 Å². The van der Waals surface area contributed by atoms with Gasteiger partial charge in [-0.05, 0) is 48.9 Å². The number of nitrogens with two attached hydrogens (primary N) is 1. The molecule has 1 aliphatic rings. The molecule has 2 rings (SSSR count). The van der Waals surface area contributed by atoms with Gasteiger partial charge in [0.05, 0.1) is 0 Å². The van der Waals surface area contributed by atoms with Crippen molar-refractivity contribution < 1.29 is 0 Å². The molecule has 1 saturated carbocycles. The molecule has 1 nitrogen and oxygen atoms in total. The van der Waals surface area contributed by atoms with Crippen molar-refractivity contribution in [1.82, 2.24) is 0 Å². The summed E-state index contributed by atoms with van der Waals surface area (Å²) in [5.74, 6) is 0. The molecule has 0 saturated heterocycles. The lowest BCUT2D eigenvalue weighted by atomic mass is 9.97. The fraction of sp³-hybridized carbons (Fsp3) is 0.571. The molecule has 1 fully saturated rings. The summed E-state index contributed by atoms with van der Waals surface area (Å²) in [7, 11) is 0. The van der Waals surface area contributed by atoms with E-state index < -0.39 is 0 Å². The van der Waals surface area contributed by atoms with E-state index in [2.05, 4.69) is 38.1 Å². The van der Waals surface area contributed by atoms with Gasteiger partial charge in [-0.3, -0.25) is 0 Å². The minimum absolute atomic E-state index is 0.451. The molecule has 0 bridgehead atoms. The summed E-state index contributed by atoms with van der Waals surface area (Å²) < 4.78 is 0. The second-order valence-corrected chi connectivity index (χ2v) is 6.84. The van der Waals surface area contributed by atoms with Crippen molar-refractivity contribution in [2.45, 2.75) is 43.3 Å². The summed E-state index contributed by atoms with van der Waals surface area (Å²) in [6, 6.07) is 9.01. The molecule has 0 atom stereocenters. The number of hydrogen-bond acceptors (Lipinski definition) is 2. The van der Waals surface area contributed by atoms with Crippen LogP contribution in [0, 0.1) is 5.41 Å². The Labute approximate surface area is 103 Å². The van der Waals surface area contributed by atoms with Crippen molar-refractivity contribution >= 4 is 11.8 Å². The smallest absolute Gasteiger partial charge is 0.00747 e. The van der Waals surface area contributed by atoms with E-state index in [4.69, 9.17) is 5.73 Å². The van der Waals surface area contributed by atoms with Crippen molar-refractivity contribution in [2.75, 3.05) is 6.54 Å². The first-order valence-electron chi connectivity index (χ1n) is 6.09. The fourth-order valence-electron chi connectivity index (χ4n) is 2.02. The van der Waals surface area contributed by atoms with Gasteiger partial charge in [-0.25, -0.2) is 0 Å². The van der Waals surface area contributed by atoms with Crippen LogP contribution in [-0.4, -0.2) is 11.8 Å². The van der Waals surface area contributed by atoms with Crippen molar-refractivity contribution in [1.29, 1.82) is 0 Å². The highest BCUT2D eigenvalue weighted by Crippen LogP contribution is 2.47. The SMILES string of the molecule is CC(C)Sc1ccc(CC2(CN)CC2)cc1. The third kappa shape index (κ3) is 3.02. The second kappa shape index (κ2) is 4.80. The van der Waals surface area contributed by atoms with Gasteiger partial charge in [0, 0.05) is 10.1 Å². The Morgan fingerprint density at radius 3 is 2.31 bits per heavy atom. The Hall–Kier alpha value is -0.470. The molecule has 0 unspecified atom stereocenters. The van der Waals surface area contributed by atoms with Gasteiger partial charge >= 0.3 is 0 Å². The van der Waals surface area contributed by atoms with Crippen LogP contribution in [0.3, 0.4) is 0 Å². The van der Waals surface area contributed by atoms with E-state index >= 15 is 0 Å². The van der Waals surface area contributed by atoms with E-state index in [0.717, 1.165) is 13.0 Å². The minimum atomic E-state index is 0.451. The van der Waals surface area contributed by atoms with Crippen molar-refractivity contribution in [2.24, 2.45) is 11.1 Å². The molecule has 1 aromatic carbocycles. The van der Waals surface area contributed by atoms with Crippen LogP contribution in [0.1, 0.15) is 32.3 Å². The summed E-state index contributed by atoms with van der Waals surface area (Å²) in [5.41, 5.74) is 7.70. The molecule has 88 valence electrons. The Balaban J connectivity index is 1.97. The zero-order valence-electron chi connectivity index (χ0n) is 10.2. The summed E-state index contributed by atoms with van der Waals surface area (Å²) in [4.78, 5) is 1.37. The lowest BCUT2D eigenvalue weighted by Gasteiger charge is -2.12. The summed E-state index contributed by atoms with van der Waals surface area (Å²) in [6.07, 6.45) is 3.79. The van der Waals surface area contributed by atoms with Crippen LogP contribution in [0.25, 0.3) is 0 Å². The first kappa shape index (κ1) is 12.0. The molecule has 1 aliphatic carbocycles. The van der Waals surface area contributed by atoms with E-state index in [9.17, 15) is 0 Å². The molecular weight excluding hydrogens is 214 g/mol. The van der Waals surface area contributed by atoms with Gasteiger partial charge in [-0.15, -0.1) is 11.8 Å². The minimum Gasteiger partial charge on any atom is -0.330 e. The molecule has 2 heteroatoms. The van der Waals surface area contributed by atoms with E-state index in [1.54, 1.807) is 0 Å². The zero-order chi connectivity index (χ0) is 11.6. The molecule has 0 heterocycles. The van der Waals surface area contributed by atoms with E-state index in [0.29, 0.717) is 10.7 Å². The standard InChI is InChI=1S/C14H21NS/c1-11(2)16-13-5-3-12(4-6-13)9-14(10-15)7-8-14/h3-6,11H,7-10,15H2,1-2H3. The highest BCUT2D eigenvalue weighted by atomic mass is 32.2. The van der Waals surface area contributed by atoms with E-state index in [1.165, 1.54) is 23.3 Å². The monoisotopic (exact) mass is 235 g/mol. The third-order valence-corrected chi connectivity index (χ3v) is 4.28. The van der Waals surface area contributed by atoms with Gasteiger partial charge in [-0.2, -0.15) is 0 Å². The predicted molar refractivity (Wildman–Crippen MR) is 71.9 cm³/mol. The molecule has 0 spiro atoms. The molecule has 0 aliphatic heterocycles. The summed E-state index contributed by atoms with van der Waals surface area (Å²) >= 11 is 1.92. The molecule has 1 aromatic rings. The second-order valence-electron chi connectivity index (χ2n) is 5.19. The largest absolute Gasteiger partial charge is 0.330 e. The maximum absolute atomic E-state index is 5.81. The molecule has 16 heavy (non-hydrogen) atoms. The topological polar surface area (TPSA) is 26.0 Å². The molecule has 2 N–H and O–H groups in total. The van der Waals surface area contributed by atoms with Gasteiger partial charge in [0.15, 0.2) is 0 Å². The average Bonchev–Trinajstić information content (AvgIpc) is 3.01. The Morgan fingerprint density at radius 2 is 1.88 bits per heavy atom. The number of benzene rings is 1. The van der Waals surface area contributed by atoms with E-state index in [1.807, 2.05) is 11.8 Å². The Morgan fingerprint density at radius 1 is 1.25 bits per heavy atom. The maximum Gasteiger partial charge on any atom is 0.00747 e. The van der Waals surface area contributed by atoms with Crippen LogP contribution >= 0.6 is 11.8 Å². The van der Waals surface area contributed by atoms with Crippen molar-refractivity contribution in [3.05, 3.63) is 29.8 Å². The van der Waals surface area contributed by atoms with E-state index in [-0.39, 0.29) is 0 Å². The first-order chi connectivity index (χ1) is 7.63. The highest BCUT2D eigenvalue weighted by molar-refractivity contribution is 7.99. The molecule has 0 aromatic heterocycles. The van der Waals surface area contributed by atoms with Gasteiger partial charge < -0.3 is 5.73 Å². The number of rotatable bonds is 5. The quantitative estimate of drug-likeness (QED) is 0.791. The molecular formula is C14H21NS. The van der Waals surface area contributed by atoms with Crippen LogP contribution < -0.4 is 5.73 Å². The van der Waals surface area contributed by atoms with Gasteiger partial charge in [0.2, 0.25) is 0 Å². The van der Waals surface area contributed by atoms with Crippen LogP contribution in [0.4, 0.5) is 0 Å². The molecule has 0 amide bonds. The fourth-order valence-corrected chi connectivity index (χ4v) is 2.86. The lowest BCUT2D eigenvalue weighted by molar-refractivity contribution is 0.521. The van der Waals surface area contributed by atoms with Crippen LogP contribution in [0.5, 0.6) is 0 Å². The van der Waals surface area contributed by atoms with Crippen LogP contribution in [-0.2, 0) is 6.42 Å². The van der Waals surface area contributed by atoms with Crippen LogP contribution in [0.2, 0.25) is 0 Å². The predicted octanol–water partition coefficient (Wildman–Crippen LogP) is 3.47. The summed E-state index contributed by atoms with van der Waals surface area (Å²) in [5, 5.41) is 0.657. The number of thioether (sulfide) groups is 1. The molecule has 0 radical (unpaired) electrons. The number of hydrogen-bond donors (Lipinski definition) is 1. The highest BCUT2D eigenvalue weighted by Gasteiger charge is 2.40. The van der Waals surface area contributed by atoms with Crippen LogP contribution in [0.15, 0.2) is 29.2 Å². The third-order valence-electron chi connectivity index (χ3n) is 3.26. The lowest BCUT2D eigenvalue weighted by Crippen LogP contribution is -2.17.